The van der Waals surface area contributed by atoms with Crippen LogP contribution >= 0.6 is 11.6 Å². The lowest BCUT2D eigenvalue weighted by atomic mass is 10.1. The van der Waals surface area contributed by atoms with Crippen LogP contribution in [0.5, 0.6) is 0 Å². The summed E-state index contributed by atoms with van der Waals surface area (Å²) >= 11 is 6.10. The van der Waals surface area contributed by atoms with Crippen molar-refractivity contribution in [3.8, 4) is 0 Å². The topological polar surface area (TPSA) is 44.9 Å². The fourth-order valence-corrected chi connectivity index (χ4v) is 2.54. The Bertz CT molecular complexity index is 807. The number of fused-ring (bicyclic) bond motifs is 1. The number of halogens is 1. The van der Waals surface area contributed by atoms with E-state index in [2.05, 4.69) is 10.3 Å². The maximum Gasteiger partial charge on any atom is 0.228 e. The number of benzene rings is 2. The SMILES string of the molecule is Cc1ccc(Cl)c(NC(=O)Cc2c[nH]c3ccccc23)c1. The zero-order valence-corrected chi connectivity index (χ0v) is 12.4. The molecule has 106 valence electrons. The molecule has 3 aromatic rings. The number of anilines is 1. The van der Waals surface area contributed by atoms with Crippen molar-refractivity contribution in [2.45, 2.75) is 13.3 Å². The van der Waals surface area contributed by atoms with Crippen LogP contribution in [-0.2, 0) is 11.2 Å². The Hall–Kier alpha value is -2.26. The molecule has 0 unspecified atom stereocenters. The Morgan fingerprint density at radius 3 is 2.90 bits per heavy atom. The van der Waals surface area contributed by atoms with E-state index in [1.165, 1.54) is 0 Å². The molecule has 0 aliphatic rings. The normalized spacial score (nSPS) is 10.8. The van der Waals surface area contributed by atoms with E-state index >= 15 is 0 Å². The third kappa shape index (κ3) is 2.93. The van der Waals surface area contributed by atoms with Crippen molar-refractivity contribution in [1.29, 1.82) is 0 Å². The zero-order valence-electron chi connectivity index (χ0n) is 11.6. The predicted octanol–water partition coefficient (Wildman–Crippen LogP) is 4.31. The maximum atomic E-state index is 12.2. The number of nitrogens with one attached hydrogen (secondary N) is 2. The zero-order chi connectivity index (χ0) is 14.8. The molecule has 0 aliphatic carbocycles. The molecule has 0 radical (unpaired) electrons. The summed E-state index contributed by atoms with van der Waals surface area (Å²) < 4.78 is 0. The Morgan fingerprint density at radius 1 is 1.24 bits per heavy atom. The highest BCUT2D eigenvalue weighted by atomic mass is 35.5. The van der Waals surface area contributed by atoms with Crippen molar-refractivity contribution >= 4 is 34.1 Å². The van der Waals surface area contributed by atoms with Crippen molar-refractivity contribution in [3.63, 3.8) is 0 Å². The van der Waals surface area contributed by atoms with Crippen molar-refractivity contribution in [2.75, 3.05) is 5.32 Å². The van der Waals surface area contributed by atoms with Crippen molar-refractivity contribution < 1.29 is 4.79 Å². The van der Waals surface area contributed by atoms with Gasteiger partial charge in [-0.3, -0.25) is 4.79 Å². The monoisotopic (exact) mass is 298 g/mol. The number of aromatic amines is 1. The molecule has 0 fully saturated rings. The minimum absolute atomic E-state index is 0.0766. The van der Waals surface area contributed by atoms with Gasteiger partial charge in [0.15, 0.2) is 0 Å². The molecular formula is C17H15ClN2O. The molecule has 21 heavy (non-hydrogen) atoms. The second-order valence-electron chi connectivity index (χ2n) is 5.07. The number of amides is 1. The number of hydrogen-bond donors (Lipinski definition) is 2. The van der Waals surface area contributed by atoms with Gasteiger partial charge in [-0.2, -0.15) is 0 Å². The molecule has 4 heteroatoms. The van der Waals surface area contributed by atoms with E-state index in [1.54, 1.807) is 6.07 Å². The van der Waals surface area contributed by atoms with Gasteiger partial charge in [0, 0.05) is 17.1 Å². The van der Waals surface area contributed by atoms with Crippen LogP contribution in [0.3, 0.4) is 0 Å². The first-order chi connectivity index (χ1) is 10.1. The summed E-state index contributed by atoms with van der Waals surface area (Å²) in [5.74, 6) is -0.0766. The number of hydrogen-bond acceptors (Lipinski definition) is 1. The molecule has 2 N–H and O–H groups in total. The molecule has 1 heterocycles. The second-order valence-corrected chi connectivity index (χ2v) is 5.47. The molecule has 0 atom stereocenters. The van der Waals surface area contributed by atoms with E-state index in [9.17, 15) is 4.79 Å². The van der Waals surface area contributed by atoms with Crippen molar-refractivity contribution in [3.05, 3.63) is 64.8 Å². The third-order valence-corrected chi connectivity index (χ3v) is 3.75. The van der Waals surface area contributed by atoms with Gasteiger partial charge in [0.25, 0.3) is 0 Å². The van der Waals surface area contributed by atoms with Crippen molar-refractivity contribution in [1.82, 2.24) is 4.98 Å². The highest BCUT2D eigenvalue weighted by Crippen LogP contribution is 2.23. The third-order valence-electron chi connectivity index (χ3n) is 3.42. The van der Waals surface area contributed by atoms with E-state index in [4.69, 9.17) is 11.6 Å². The van der Waals surface area contributed by atoms with Gasteiger partial charge >= 0.3 is 0 Å². The van der Waals surface area contributed by atoms with E-state index in [-0.39, 0.29) is 5.91 Å². The van der Waals surface area contributed by atoms with Gasteiger partial charge in [-0.05, 0) is 36.2 Å². The van der Waals surface area contributed by atoms with Crippen LogP contribution in [0, 0.1) is 6.92 Å². The molecule has 0 spiro atoms. The van der Waals surface area contributed by atoms with Crippen LogP contribution in [0.25, 0.3) is 10.9 Å². The summed E-state index contributed by atoms with van der Waals surface area (Å²) in [6, 6.07) is 13.5. The average Bonchev–Trinajstić information content (AvgIpc) is 2.86. The summed E-state index contributed by atoms with van der Waals surface area (Å²) in [4.78, 5) is 15.4. The molecule has 0 saturated carbocycles. The summed E-state index contributed by atoms with van der Waals surface area (Å²) in [7, 11) is 0. The van der Waals surface area contributed by atoms with Crippen molar-refractivity contribution in [2.24, 2.45) is 0 Å². The molecular weight excluding hydrogens is 284 g/mol. The summed E-state index contributed by atoms with van der Waals surface area (Å²) in [5, 5.41) is 4.49. The fraction of sp³-hybridized carbons (Fsp3) is 0.118. The number of carbonyl (C=O) groups is 1. The summed E-state index contributed by atoms with van der Waals surface area (Å²) in [6.45, 7) is 1.96. The predicted molar refractivity (Wildman–Crippen MR) is 86.8 cm³/mol. The minimum atomic E-state index is -0.0766. The second kappa shape index (κ2) is 5.62. The number of aromatic nitrogens is 1. The highest BCUT2D eigenvalue weighted by molar-refractivity contribution is 6.33. The largest absolute Gasteiger partial charge is 0.361 e. The van der Waals surface area contributed by atoms with Crippen LogP contribution in [0.2, 0.25) is 5.02 Å². The van der Waals surface area contributed by atoms with E-state index in [1.807, 2.05) is 49.5 Å². The van der Waals surface area contributed by atoms with E-state index < -0.39 is 0 Å². The van der Waals surface area contributed by atoms with E-state index in [0.717, 1.165) is 22.0 Å². The molecule has 1 aromatic heterocycles. The first-order valence-electron chi connectivity index (χ1n) is 6.74. The molecule has 2 aromatic carbocycles. The van der Waals surface area contributed by atoms with Crippen LogP contribution in [0.15, 0.2) is 48.7 Å². The fourth-order valence-electron chi connectivity index (χ4n) is 2.38. The van der Waals surface area contributed by atoms with E-state index in [0.29, 0.717) is 17.1 Å². The summed E-state index contributed by atoms with van der Waals surface area (Å²) in [6.07, 6.45) is 2.19. The van der Waals surface area contributed by atoms with Gasteiger partial charge in [-0.1, -0.05) is 35.9 Å². The molecule has 3 rings (SSSR count). The summed E-state index contributed by atoms with van der Waals surface area (Å²) in [5.41, 5.74) is 3.73. The number of rotatable bonds is 3. The van der Waals surface area contributed by atoms with Gasteiger partial charge in [0.2, 0.25) is 5.91 Å². The number of para-hydroxylation sites is 1. The molecule has 0 saturated heterocycles. The van der Waals surface area contributed by atoms with Gasteiger partial charge < -0.3 is 10.3 Å². The van der Waals surface area contributed by atoms with Crippen LogP contribution < -0.4 is 5.32 Å². The first-order valence-corrected chi connectivity index (χ1v) is 7.12. The Kier molecular flexibility index (Phi) is 3.67. The number of carbonyl (C=O) groups excluding carboxylic acids is 1. The smallest absolute Gasteiger partial charge is 0.228 e. The quantitative estimate of drug-likeness (QED) is 0.743. The molecule has 0 aliphatic heterocycles. The molecule has 3 nitrogen and oxygen atoms in total. The standard InChI is InChI=1S/C17H15ClN2O/c1-11-6-7-14(18)16(8-11)20-17(21)9-12-10-19-15-5-3-2-4-13(12)15/h2-8,10,19H,9H2,1H3,(H,20,21). The van der Waals surface area contributed by atoms with Gasteiger partial charge in [0.1, 0.15) is 0 Å². The molecule has 1 amide bonds. The van der Waals surface area contributed by atoms with Gasteiger partial charge in [-0.15, -0.1) is 0 Å². The molecule has 0 bridgehead atoms. The Balaban J connectivity index is 1.79. The van der Waals surface area contributed by atoms with Crippen LogP contribution in [0.4, 0.5) is 5.69 Å². The average molecular weight is 299 g/mol. The number of H-pyrrole nitrogens is 1. The Labute approximate surface area is 127 Å². The minimum Gasteiger partial charge on any atom is -0.361 e. The lowest BCUT2D eigenvalue weighted by Gasteiger charge is -2.08. The highest BCUT2D eigenvalue weighted by Gasteiger charge is 2.10. The number of aryl methyl sites for hydroxylation is 1. The maximum absolute atomic E-state index is 12.2. The first kappa shape index (κ1) is 13.7. The van der Waals surface area contributed by atoms with Crippen LogP contribution in [0.1, 0.15) is 11.1 Å². The van der Waals surface area contributed by atoms with Gasteiger partial charge in [0.05, 0.1) is 17.1 Å². The lowest BCUT2D eigenvalue weighted by molar-refractivity contribution is -0.115. The van der Waals surface area contributed by atoms with Crippen LogP contribution in [-0.4, -0.2) is 10.9 Å². The Morgan fingerprint density at radius 2 is 2.05 bits per heavy atom. The lowest BCUT2D eigenvalue weighted by Crippen LogP contribution is -2.14. The van der Waals surface area contributed by atoms with Gasteiger partial charge in [-0.25, -0.2) is 0 Å².